The standard InChI is InChI=1S/C9H14N4O/c1-7(10)4-9(14)12-5-8-2-3-11-6-13-8/h2-3,6-7H,4-5,10H2,1H3,(H,12,14). The minimum Gasteiger partial charge on any atom is -0.350 e. The second-order valence-corrected chi connectivity index (χ2v) is 3.16. The van der Waals surface area contributed by atoms with Gasteiger partial charge < -0.3 is 11.1 Å². The quantitative estimate of drug-likeness (QED) is 0.697. The van der Waals surface area contributed by atoms with Crippen molar-refractivity contribution < 1.29 is 4.79 Å². The van der Waals surface area contributed by atoms with E-state index in [4.69, 9.17) is 5.73 Å². The lowest BCUT2D eigenvalue weighted by Gasteiger charge is -2.06. The second-order valence-electron chi connectivity index (χ2n) is 3.16. The Balaban J connectivity index is 2.31. The molecule has 0 fully saturated rings. The number of aromatic nitrogens is 2. The largest absolute Gasteiger partial charge is 0.350 e. The third-order valence-corrected chi connectivity index (χ3v) is 1.62. The zero-order valence-electron chi connectivity index (χ0n) is 8.10. The van der Waals surface area contributed by atoms with E-state index in [0.29, 0.717) is 13.0 Å². The van der Waals surface area contributed by atoms with Gasteiger partial charge >= 0.3 is 0 Å². The number of hydrogen-bond acceptors (Lipinski definition) is 4. The molecule has 0 spiro atoms. The summed E-state index contributed by atoms with van der Waals surface area (Å²) in [4.78, 5) is 18.9. The molecule has 0 radical (unpaired) electrons. The number of amides is 1. The van der Waals surface area contributed by atoms with Crippen LogP contribution in [0.25, 0.3) is 0 Å². The van der Waals surface area contributed by atoms with Crippen molar-refractivity contribution in [2.45, 2.75) is 25.9 Å². The Hall–Kier alpha value is -1.49. The molecular weight excluding hydrogens is 180 g/mol. The Morgan fingerprint density at radius 3 is 3.07 bits per heavy atom. The van der Waals surface area contributed by atoms with Gasteiger partial charge in [0.2, 0.25) is 5.91 Å². The highest BCUT2D eigenvalue weighted by Gasteiger charge is 2.04. The number of carbonyl (C=O) groups excluding carboxylic acids is 1. The molecule has 5 nitrogen and oxygen atoms in total. The van der Waals surface area contributed by atoms with Crippen molar-refractivity contribution in [3.8, 4) is 0 Å². The maximum absolute atomic E-state index is 11.2. The summed E-state index contributed by atoms with van der Waals surface area (Å²) in [6.07, 6.45) is 3.43. The summed E-state index contributed by atoms with van der Waals surface area (Å²) in [5.74, 6) is -0.0568. The Morgan fingerprint density at radius 2 is 2.50 bits per heavy atom. The molecule has 1 rings (SSSR count). The molecule has 1 atom stereocenters. The lowest BCUT2D eigenvalue weighted by atomic mass is 10.2. The topological polar surface area (TPSA) is 80.9 Å². The van der Waals surface area contributed by atoms with Gasteiger partial charge in [-0.2, -0.15) is 0 Å². The molecule has 1 aromatic rings. The fraction of sp³-hybridized carbons (Fsp3) is 0.444. The van der Waals surface area contributed by atoms with Crippen LogP contribution in [0.5, 0.6) is 0 Å². The van der Waals surface area contributed by atoms with Gasteiger partial charge in [0.15, 0.2) is 0 Å². The van der Waals surface area contributed by atoms with Crippen LogP contribution in [0.3, 0.4) is 0 Å². The summed E-state index contributed by atoms with van der Waals surface area (Å²) < 4.78 is 0. The number of nitrogens with zero attached hydrogens (tertiary/aromatic N) is 2. The van der Waals surface area contributed by atoms with Crippen LogP contribution in [0.4, 0.5) is 0 Å². The molecule has 1 aromatic heterocycles. The van der Waals surface area contributed by atoms with Crippen molar-refractivity contribution in [2.75, 3.05) is 0 Å². The fourth-order valence-electron chi connectivity index (χ4n) is 0.976. The average Bonchev–Trinajstić information content (AvgIpc) is 2.15. The average molecular weight is 194 g/mol. The van der Waals surface area contributed by atoms with Crippen LogP contribution >= 0.6 is 0 Å². The summed E-state index contributed by atoms with van der Waals surface area (Å²) in [7, 11) is 0. The zero-order chi connectivity index (χ0) is 10.4. The monoisotopic (exact) mass is 194 g/mol. The van der Waals surface area contributed by atoms with Crippen molar-refractivity contribution in [3.05, 3.63) is 24.3 Å². The number of hydrogen-bond donors (Lipinski definition) is 2. The van der Waals surface area contributed by atoms with E-state index in [-0.39, 0.29) is 11.9 Å². The molecule has 5 heteroatoms. The van der Waals surface area contributed by atoms with Gasteiger partial charge in [0.25, 0.3) is 0 Å². The van der Waals surface area contributed by atoms with E-state index in [9.17, 15) is 4.79 Å². The number of carbonyl (C=O) groups is 1. The molecule has 76 valence electrons. The van der Waals surface area contributed by atoms with E-state index >= 15 is 0 Å². The predicted molar refractivity (Wildman–Crippen MR) is 52.1 cm³/mol. The van der Waals surface area contributed by atoms with Crippen molar-refractivity contribution >= 4 is 5.91 Å². The fourth-order valence-corrected chi connectivity index (χ4v) is 0.976. The minimum absolute atomic E-state index is 0.0568. The van der Waals surface area contributed by atoms with Crippen molar-refractivity contribution in [1.82, 2.24) is 15.3 Å². The van der Waals surface area contributed by atoms with Crippen LogP contribution < -0.4 is 11.1 Å². The molecule has 0 aliphatic heterocycles. The SMILES string of the molecule is CC(N)CC(=O)NCc1ccncn1. The van der Waals surface area contributed by atoms with Crippen LogP contribution in [0, 0.1) is 0 Å². The Morgan fingerprint density at radius 1 is 1.71 bits per heavy atom. The Labute approximate surface area is 82.7 Å². The number of nitrogens with two attached hydrogens (primary N) is 1. The molecule has 3 N–H and O–H groups in total. The third-order valence-electron chi connectivity index (χ3n) is 1.62. The summed E-state index contributed by atoms with van der Waals surface area (Å²) in [6.45, 7) is 2.22. The molecule has 0 saturated carbocycles. The molecule has 0 bridgehead atoms. The normalized spacial score (nSPS) is 12.1. The van der Waals surface area contributed by atoms with Crippen LogP contribution in [-0.4, -0.2) is 21.9 Å². The molecule has 14 heavy (non-hydrogen) atoms. The van der Waals surface area contributed by atoms with Crippen molar-refractivity contribution in [3.63, 3.8) is 0 Å². The summed E-state index contributed by atoms with van der Waals surface area (Å²) >= 11 is 0. The number of rotatable bonds is 4. The van der Waals surface area contributed by atoms with Crippen LogP contribution in [-0.2, 0) is 11.3 Å². The second kappa shape index (κ2) is 5.29. The molecule has 0 saturated heterocycles. The Bertz CT molecular complexity index is 286. The lowest BCUT2D eigenvalue weighted by molar-refractivity contribution is -0.121. The van der Waals surface area contributed by atoms with E-state index in [1.54, 1.807) is 19.2 Å². The highest BCUT2D eigenvalue weighted by molar-refractivity contribution is 5.76. The summed E-state index contributed by atoms with van der Waals surface area (Å²) in [5.41, 5.74) is 6.27. The van der Waals surface area contributed by atoms with Gasteiger partial charge in [-0.3, -0.25) is 4.79 Å². The van der Waals surface area contributed by atoms with Gasteiger partial charge in [0.1, 0.15) is 6.33 Å². The van der Waals surface area contributed by atoms with Gasteiger partial charge in [0, 0.05) is 18.7 Å². The van der Waals surface area contributed by atoms with Crippen LogP contribution in [0.1, 0.15) is 19.0 Å². The van der Waals surface area contributed by atoms with Crippen molar-refractivity contribution in [1.29, 1.82) is 0 Å². The first-order valence-electron chi connectivity index (χ1n) is 4.45. The summed E-state index contributed by atoms with van der Waals surface area (Å²) in [5, 5.41) is 2.72. The highest BCUT2D eigenvalue weighted by atomic mass is 16.1. The first-order chi connectivity index (χ1) is 6.68. The summed E-state index contributed by atoms with van der Waals surface area (Å²) in [6, 6.07) is 1.65. The van der Waals surface area contributed by atoms with Gasteiger partial charge in [-0.25, -0.2) is 9.97 Å². The number of nitrogens with one attached hydrogen (secondary N) is 1. The molecule has 1 amide bonds. The first kappa shape index (κ1) is 10.6. The van der Waals surface area contributed by atoms with Gasteiger partial charge in [-0.05, 0) is 13.0 Å². The van der Waals surface area contributed by atoms with E-state index in [0.717, 1.165) is 5.69 Å². The first-order valence-corrected chi connectivity index (χ1v) is 4.45. The lowest BCUT2D eigenvalue weighted by Crippen LogP contribution is -2.29. The highest BCUT2D eigenvalue weighted by Crippen LogP contribution is 1.91. The Kier molecular flexibility index (Phi) is 4.00. The molecule has 1 unspecified atom stereocenters. The molecule has 1 heterocycles. The van der Waals surface area contributed by atoms with Crippen LogP contribution in [0.2, 0.25) is 0 Å². The van der Waals surface area contributed by atoms with E-state index in [1.807, 2.05) is 0 Å². The van der Waals surface area contributed by atoms with Gasteiger partial charge in [-0.1, -0.05) is 0 Å². The van der Waals surface area contributed by atoms with E-state index < -0.39 is 0 Å². The van der Waals surface area contributed by atoms with Gasteiger partial charge in [-0.15, -0.1) is 0 Å². The zero-order valence-corrected chi connectivity index (χ0v) is 8.10. The molecule has 0 aliphatic rings. The van der Waals surface area contributed by atoms with Crippen molar-refractivity contribution in [2.24, 2.45) is 5.73 Å². The molecular formula is C9H14N4O. The van der Waals surface area contributed by atoms with Gasteiger partial charge in [0.05, 0.1) is 12.2 Å². The smallest absolute Gasteiger partial charge is 0.221 e. The maximum Gasteiger partial charge on any atom is 0.221 e. The minimum atomic E-state index is -0.111. The third kappa shape index (κ3) is 3.95. The predicted octanol–water partition coefficient (Wildman–Crippen LogP) is -0.170. The molecule has 0 aromatic carbocycles. The molecule has 0 aliphatic carbocycles. The van der Waals surface area contributed by atoms with E-state index in [1.165, 1.54) is 6.33 Å². The van der Waals surface area contributed by atoms with E-state index in [2.05, 4.69) is 15.3 Å². The van der Waals surface area contributed by atoms with Crippen LogP contribution in [0.15, 0.2) is 18.6 Å². The maximum atomic E-state index is 11.2.